The highest BCUT2D eigenvalue weighted by molar-refractivity contribution is 5.64. The van der Waals surface area contributed by atoms with E-state index < -0.39 is 6.09 Å². The summed E-state index contributed by atoms with van der Waals surface area (Å²) in [7, 11) is 4.66. The predicted octanol–water partition coefficient (Wildman–Crippen LogP) is -0.0518. The van der Waals surface area contributed by atoms with Crippen LogP contribution in [-0.2, 0) is 14.2 Å². The zero-order chi connectivity index (χ0) is 8.41. The Balaban J connectivity index is 0. The summed E-state index contributed by atoms with van der Waals surface area (Å²) in [5, 5.41) is 0. The predicted molar refractivity (Wildman–Crippen MR) is 35.5 cm³/mol. The zero-order valence-corrected chi connectivity index (χ0v) is 6.42. The molecule has 10 heavy (non-hydrogen) atoms. The molecule has 0 unspecified atom stereocenters. The van der Waals surface area contributed by atoms with Crippen molar-refractivity contribution in [1.82, 2.24) is 0 Å². The lowest BCUT2D eigenvalue weighted by Crippen LogP contribution is -2.14. The normalized spacial score (nSPS) is 7.50. The fourth-order valence-corrected chi connectivity index (χ4v) is 0.117. The molecule has 62 valence electrons. The van der Waals surface area contributed by atoms with E-state index in [1.807, 2.05) is 0 Å². The Kier molecular flexibility index (Phi) is 13.2. The highest BCUT2D eigenvalue weighted by Crippen LogP contribution is 1.70. The van der Waals surface area contributed by atoms with Crippen LogP contribution in [0.25, 0.3) is 0 Å². The van der Waals surface area contributed by atoms with Crippen molar-refractivity contribution in [2.45, 2.75) is 0 Å². The summed E-state index contributed by atoms with van der Waals surface area (Å²) in [6.45, 7) is -0.0741. The Labute approximate surface area is 60.0 Å². The Morgan fingerprint density at radius 2 is 1.80 bits per heavy atom. The number of ether oxygens (including phenoxy) is 3. The van der Waals surface area contributed by atoms with Gasteiger partial charge in [0.15, 0.2) is 6.79 Å². The number of primary amides is 1. The van der Waals surface area contributed by atoms with Crippen molar-refractivity contribution in [3.63, 3.8) is 0 Å². The number of carbonyl (C=O) groups is 1. The second-order valence-electron chi connectivity index (χ2n) is 1.28. The van der Waals surface area contributed by atoms with Crippen molar-refractivity contribution in [2.75, 3.05) is 28.1 Å². The molecule has 0 saturated heterocycles. The second kappa shape index (κ2) is 11.0. The summed E-state index contributed by atoms with van der Waals surface area (Å²) in [5.41, 5.74) is 4.54. The summed E-state index contributed by atoms with van der Waals surface area (Å²) >= 11 is 0. The lowest BCUT2D eigenvalue weighted by atomic mass is 11.2. The fraction of sp³-hybridized carbons (Fsp3) is 0.800. The van der Waals surface area contributed by atoms with E-state index in [-0.39, 0.29) is 6.79 Å². The van der Waals surface area contributed by atoms with Crippen molar-refractivity contribution in [3.05, 3.63) is 0 Å². The Hall–Kier alpha value is -0.810. The maximum atomic E-state index is 9.68. The minimum absolute atomic E-state index is 0.0741. The van der Waals surface area contributed by atoms with Gasteiger partial charge in [-0.1, -0.05) is 0 Å². The van der Waals surface area contributed by atoms with E-state index in [2.05, 4.69) is 19.9 Å². The first-order chi connectivity index (χ1) is 4.68. The molecule has 5 nitrogen and oxygen atoms in total. The molecule has 0 heterocycles. The van der Waals surface area contributed by atoms with E-state index in [0.717, 1.165) is 0 Å². The molecule has 0 aromatic heterocycles. The molecular weight excluding hydrogens is 138 g/mol. The van der Waals surface area contributed by atoms with E-state index in [0.29, 0.717) is 0 Å². The fourth-order valence-electron chi connectivity index (χ4n) is 0.117. The van der Waals surface area contributed by atoms with Gasteiger partial charge in [0.2, 0.25) is 0 Å². The molecule has 0 aliphatic heterocycles. The third kappa shape index (κ3) is 27.1. The largest absolute Gasteiger partial charge is 0.423 e. The zero-order valence-electron chi connectivity index (χ0n) is 6.42. The lowest BCUT2D eigenvalue weighted by Gasteiger charge is -1.94. The summed E-state index contributed by atoms with van der Waals surface area (Å²) in [6.07, 6.45) is -0.818. The van der Waals surface area contributed by atoms with Gasteiger partial charge in [-0.25, -0.2) is 4.79 Å². The topological polar surface area (TPSA) is 70.8 Å². The van der Waals surface area contributed by atoms with Crippen LogP contribution in [-0.4, -0.2) is 34.2 Å². The standard InChI is InChI=1S/C3H7NO3.C2H6O/c1-6-2-7-3(4)5;1-3-2/h2H2,1H3,(H2,4,5);1-2H3. The third-order valence-electron chi connectivity index (χ3n) is 0.319. The van der Waals surface area contributed by atoms with Crippen molar-refractivity contribution < 1.29 is 19.0 Å². The summed E-state index contributed by atoms with van der Waals surface area (Å²) in [4.78, 5) is 9.68. The smallest absolute Gasteiger partial charge is 0.406 e. The van der Waals surface area contributed by atoms with Crippen LogP contribution in [0.1, 0.15) is 0 Å². The van der Waals surface area contributed by atoms with Gasteiger partial charge in [-0.2, -0.15) is 0 Å². The first-order valence-corrected chi connectivity index (χ1v) is 2.50. The minimum Gasteiger partial charge on any atom is -0.423 e. The number of hydrogen-bond acceptors (Lipinski definition) is 4. The first-order valence-electron chi connectivity index (χ1n) is 2.50. The van der Waals surface area contributed by atoms with Crippen molar-refractivity contribution in [3.8, 4) is 0 Å². The average Bonchev–Trinajstić information content (AvgIpc) is 1.85. The quantitative estimate of drug-likeness (QED) is 0.561. The number of amides is 1. The highest BCUT2D eigenvalue weighted by atomic mass is 16.7. The van der Waals surface area contributed by atoms with Gasteiger partial charge in [0, 0.05) is 21.3 Å². The van der Waals surface area contributed by atoms with Crippen LogP contribution in [0.3, 0.4) is 0 Å². The molecule has 0 aromatic rings. The van der Waals surface area contributed by atoms with Crippen LogP contribution in [0.15, 0.2) is 0 Å². The molecule has 0 spiro atoms. The number of methoxy groups -OCH3 is 2. The van der Waals surface area contributed by atoms with E-state index in [1.165, 1.54) is 7.11 Å². The van der Waals surface area contributed by atoms with Gasteiger partial charge in [-0.05, 0) is 0 Å². The number of carbonyl (C=O) groups excluding carboxylic acids is 1. The molecular formula is C5H13NO4. The SMILES string of the molecule is COC.COCOC(N)=O. The number of nitrogens with two attached hydrogens (primary N) is 1. The van der Waals surface area contributed by atoms with Gasteiger partial charge in [0.25, 0.3) is 0 Å². The molecule has 0 rings (SSSR count). The first kappa shape index (κ1) is 11.9. The molecule has 5 heteroatoms. The van der Waals surface area contributed by atoms with Crippen LogP contribution in [0.4, 0.5) is 4.79 Å². The van der Waals surface area contributed by atoms with Gasteiger partial charge >= 0.3 is 6.09 Å². The van der Waals surface area contributed by atoms with Crippen LogP contribution in [0, 0.1) is 0 Å². The molecule has 0 aromatic carbocycles. The number of hydrogen-bond donors (Lipinski definition) is 1. The molecule has 0 aliphatic carbocycles. The van der Waals surface area contributed by atoms with Crippen LogP contribution < -0.4 is 5.73 Å². The van der Waals surface area contributed by atoms with E-state index >= 15 is 0 Å². The summed E-state index contributed by atoms with van der Waals surface area (Å²) in [6, 6.07) is 0. The number of rotatable bonds is 2. The van der Waals surface area contributed by atoms with Crippen molar-refractivity contribution in [1.29, 1.82) is 0 Å². The van der Waals surface area contributed by atoms with Crippen LogP contribution in [0.5, 0.6) is 0 Å². The molecule has 0 atom stereocenters. The van der Waals surface area contributed by atoms with Gasteiger partial charge in [-0.3, -0.25) is 0 Å². The molecule has 1 amide bonds. The van der Waals surface area contributed by atoms with Gasteiger partial charge in [-0.15, -0.1) is 0 Å². The van der Waals surface area contributed by atoms with Gasteiger partial charge in [0.05, 0.1) is 0 Å². The maximum Gasteiger partial charge on any atom is 0.406 e. The Morgan fingerprint density at radius 1 is 1.40 bits per heavy atom. The molecule has 0 bridgehead atoms. The molecule has 2 N–H and O–H groups in total. The van der Waals surface area contributed by atoms with Crippen molar-refractivity contribution >= 4 is 6.09 Å². The molecule has 0 saturated carbocycles. The summed E-state index contributed by atoms with van der Waals surface area (Å²) in [5.74, 6) is 0. The second-order valence-corrected chi connectivity index (χ2v) is 1.28. The molecule has 0 fully saturated rings. The van der Waals surface area contributed by atoms with E-state index in [9.17, 15) is 4.79 Å². The van der Waals surface area contributed by atoms with Crippen LogP contribution in [0.2, 0.25) is 0 Å². The lowest BCUT2D eigenvalue weighted by molar-refractivity contribution is 0.0162. The van der Waals surface area contributed by atoms with E-state index in [1.54, 1.807) is 14.2 Å². The summed E-state index contributed by atoms with van der Waals surface area (Å²) < 4.78 is 12.7. The Morgan fingerprint density at radius 3 is 1.90 bits per heavy atom. The van der Waals surface area contributed by atoms with Crippen molar-refractivity contribution in [2.24, 2.45) is 5.73 Å². The van der Waals surface area contributed by atoms with Gasteiger partial charge < -0.3 is 19.9 Å². The average molecular weight is 151 g/mol. The molecule has 0 aliphatic rings. The van der Waals surface area contributed by atoms with Crippen LogP contribution >= 0.6 is 0 Å². The minimum atomic E-state index is -0.818. The van der Waals surface area contributed by atoms with E-state index in [4.69, 9.17) is 0 Å². The molecule has 0 radical (unpaired) electrons. The third-order valence-corrected chi connectivity index (χ3v) is 0.319. The monoisotopic (exact) mass is 151 g/mol. The van der Waals surface area contributed by atoms with Gasteiger partial charge in [0.1, 0.15) is 0 Å². The Bertz CT molecular complexity index is 76.0. The highest BCUT2D eigenvalue weighted by Gasteiger charge is 1.86. The maximum absolute atomic E-state index is 9.68.